The molecular weight excluding hydrogens is 354 g/mol. The Morgan fingerprint density at radius 3 is 2.68 bits per heavy atom. The number of hydrogen-bond donors (Lipinski definition) is 1. The SMILES string of the molecule is CC(C)Cn1nc(C(=O)N[C@H]2CCOc3ccccc32)c2ccccc2c1=O. The molecule has 1 amide bonds. The first kappa shape index (κ1) is 18.2. The van der Waals surface area contributed by atoms with Gasteiger partial charge < -0.3 is 10.1 Å². The summed E-state index contributed by atoms with van der Waals surface area (Å²) in [6.07, 6.45) is 0.687. The topological polar surface area (TPSA) is 73.2 Å². The van der Waals surface area contributed by atoms with E-state index in [0.29, 0.717) is 30.3 Å². The Kier molecular flexibility index (Phi) is 4.86. The molecule has 0 bridgehead atoms. The van der Waals surface area contributed by atoms with E-state index in [4.69, 9.17) is 4.74 Å². The standard InChI is InChI=1S/C22H23N3O3/c1-14(2)13-25-22(27)16-8-4-3-7-15(16)20(24-25)21(26)23-18-11-12-28-19-10-6-5-9-17(18)19/h3-10,14,18H,11-13H2,1-2H3,(H,23,26)/t18-/m0/s1. The van der Waals surface area contributed by atoms with E-state index in [1.165, 1.54) is 4.68 Å². The van der Waals surface area contributed by atoms with Crippen LogP contribution in [0.2, 0.25) is 0 Å². The average Bonchev–Trinajstić information content (AvgIpc) is 2.70. The number of nitrogens with one attached hydrogen (secondary N) is 1. The molecule has 1 aliphatic heterocycles. The first-order valence-electron chi connectivity index (χ1n) is 9.57. The molecule has 3 aromatic rings. The van der Waals surface area contributed by atoms with E-state index in [2.05, 4.69) is 10.4 Å². The van der Waals surface area contributed by atoms with Gasteiger partial charge in [-0.3, -0.25) is 9.59 Å². The van der Waals surface area contributed by atoms with Crippen LogP contribution in [0.25, 0.3) is 10.8 Å². The molecule has 1 aliphatic rings. The summed E-state index contributed by atoms with van der Waals surface area (Å²) in [5.41, 5.74) is 1.07. The van der Waals surface area contributed by atoms with Crippen LogP contribution in [0.1, 0.15) is 42.4 Å². The maximum Gasteiger partial charge on any atom is 0.274 e. The van der Waals surface area contributed by atoms with Crippen molar-refractivity contribution in [1.82, 2.24) is 15.1 Å². The number of hydrogen-bond acceptors (Lipinski definition) is 4. The monoisotopic (exact) mass is 377 g/mol. The van der Waals surface area contributed by atoms with E-state index in [1.54, 1.807) is 18.2 Å². The number of aromatic nitrogens is 2. The fourth-order valence-corrected chi connectivity index (χ4v) is 3.59. The maximum atomic E-state index is 13.2. The zero-order chi connectivity index (χ0) is 19.7. The van der Waals surface area contributed by atoms with Crippen molar-refractivity contribution in [1.29, 1.82) is 0 Å². The minimum absolute atomic E-state index is 0.150. The first-order valence-corrected chi connectivity index (χ1v) is 9.57. The van der Waals surface area contributed by atoms with Gasteiger partial charge in [0.25, 0.3) is 11.5 Å². The van der Waals surface area contributed by atoms with Crippen molar-refractivity contribution in [2.45, 2.75) is 32.9 Å². The normalized spacial score (nSPS) is 15.9. The lowest BCUT2D eigenvalue weighted by atomic mass is 10.00. The van der Waals surface area contributed by atoms with Gasteiger partial charge in [0.1, 0.15) is 5.75 Å². The molecule has 4 rings (SSSR count). The summed E-state index contributed by atoms with van der Waals surface area (Å²) in [4.78, 5) is 25.9. The number of ether oxygens (including phenoxy) is 1. The van der Waals surface area contributed by atoms with Crippen molar-refractivity contribution in [3.05, 3.63) is 70.1 Å². The lowest BCUT2D eigenvalue weighted by Crippen LogP contribution is -2.35. The first-order chi connectivity index (χ1) is 13.5. The number of carbonyl (C=O) groups is 1. The van der Waals surface area contributed by atoms with Gasteiger partial charge in [-0.25, -0.2) is 4.68 Å². The molecule has 0 radical (unpaired) electrons. The zero-order valence-corrected chi connectivity index (χ0v) is 16.0. The van der Waals surface area contributed by atoms with Gasteiger partial charge in [0, 0.05) is 23.9 Å². The molecular formula is C22H23N3O3. The third-order valence-corrected chi connectivity index (χ3v) is 4.88. The molecule has 0 fully saturated rings. The van der Waals surface area contributed by atoms with Crippen molar-refractivity contribution in [2.24, 2.45) is 5.92 Å². The smallest absolute Gasteiger partial charge is 0.274 e. The summed E-state index contributed by atoms with van der Waals surface area (Å²) in [6.45, 7) is 5.04. The van der Waals surface area contributed by atoms with E-state index in [9.17, 15) is 9.59 Å². The molecule has 0 aliphatic carbocycles. The number of nitrogens with zero attached hydrogens (tertiary/aromatic N) is 2. The minimum atomic E-state index is -0.282. The minimum Gasteiger partial charge on any atom is -0.493 e. The van der Waals surface area contributed by atoms with Crippen LogP contribution in [-0.4, -0.2) is 22.3 Å². The number of carbonyl (C=O) groups excluding carboxylic acids is 1. The highest BCUT2D eigenvalue weighted by Crippen LogP contribution is 2.31. The van der Waals surface area contributed by atoms with Gasteiger partial charge in [0.05, 0.1) is 18.0 Å². The van der Waals surface area contributed by atoms with Crippen molar-refractivity contribution in [3.8, 4) is 5.75 Å². The molecule has 1 N–H and O–H groups in total. The van der Waals surface area contributed by atoms with E-state index in [1.807, 2.05) is 44.2 Å². The Bertz CT molecular complexity index is 1090. The number of para-hydroxylation sites is 1. The highest BCUT2D eigenvalue weighted by molar-refractivity contribution is 6.04. The molecule has 6 nitrogen and oxygen atoms in total. The third kappa shape index (κ3) is 3.38. The fourth-order valence-electron chi connectivity index (χ4n) is 3.59. The summed E-state index contributed by atoms with van der Waals surface area (Å²) in [6, 6.07) is 14.7. The van der Waals surface area contributed by atoms with Gasteiger partial charge in [0.2, 0.25) is 0 Å². The van der Waals surface area contributed by atoms with Crippen LogP contribution in [0, 0.1) is 5.92 Å². The number of rotatable bonds is 4. The van der Waals surface area contributed by atoms with E-state index >= 15 is 0 Å². The van der Waals surface area contributed by atoms with E-state index in [0.717, 1.165) is 11.3 Å². The number of benzene rings is 2. The lowest BCUT2D eigenvalue weighted by molar-refractivity contribution is 0.0919. The zero-order valence-electron chi connectivity index (χ0n) is 16.0. The van der Waals surface area contributed by atoms with Crippen LogP contribution >= 0.6 is 0 Å². The van der Waals surface area contributed by atoms with Crippen molar-refractivity contribution < 1.29 is 9.53 Å². The largest absolute Gasteiger partial charge is 0.493 e. The Morgan fingerprint density at radius 2 is 1.89 bits per heavy atom. The molecule has 1 atom stereocenters. The molecule has 0 saturated carbocycles. The summed E-state index contributed by atoms with van der Waals surface area (Å²) < 4.78 is 7.08. The van der Waals surface area contributed by atoms with E-state index in [-0.39, 0.29) is 29.1 Å². The van der Waals surface area contributed by atoms with Crippen molar-refractivity contribution in [3.63, 3.8) is 0 Å². The van der Waals surface area contributed by atoms with Crippen LogP contribution in [0.4, 0.5) is 0 Å². The highest BCUT2D eigenvalue weighted by atomic mass is 16.5. The van der Waals surface area contributed by atoms with Crippen LogP contribution < -0.4 is 15.6 Å². The van der Waals surface area contributed by atoms with Crippen molar-refractivity contribution >= 4 is 16.7 Å². The molecule has 1 aromatic heterocycles. The summed E-state index contributed by atoms with van der Waals surface area (Å²) in [7, 11) is 0. The number of fused-ring (bicyclic) bond motifs is 2. The molecule has 6 heteroatoms. The predicted octanol–water partition coefficient (Wildman–Crippen LogP) is 3.31. The summed E-state index contributed by atoms with van der Waals surface area (Å²) >= 11 is 0. The molecule has 0 spiro atoms. The van der Waals surface area contributed by atoms with Crippen LogP contribution in [0.3, 0.4) is 0 Å². The fraction of sp³-hybridized carbons (Fsp3) is 0.318. The van der Waals surface area contributed by atoms with Crippen LogP contribution in [0.15, 0.2) is 53.3 Å². The quantitative estimate of drug-likeness (QED) is 0.757. The Balaban J connectivity index is 1.74. The summed E-state index contributed by atoms with van der Waals surface area (Å²) in [5.74, 6) is 0.752. The van der Waals surface area contributed by atoms with Gasteiger partial charge in [-0.05, 0) is 18.1 Å². The van der Waals surface area contributed by atoms with Crippen LogP contribution in [-0.2, 0) is 6.54 Å². The lowest BCUT2D eigenvalue weighted by Gasteiger charge is -2.26. The molecule has 0 unspecified atom stereocenters. The van der Waals surface area contributed by atoms with E-state index < -0.39 is 0 Å². The van der Waals surface area contributed by atoms with Crippen LogP contribution in [0.5, 0.6) is 5.75 Å². The molecule has 28 heavy (non-hydrogen) atoms. The van der Waals surface area contributed by atoms with Crippen molar-refractivity contribution in [2.75, 3.05) is 6.61 Å². The molecule has 0 saturated heterocycles. The van der Waals surface area contributed by atoms with Gasteiger partial charge in [-0.1, -0.05) is 50.2 Å². The van der Waals surface area contributed by atoms with Gasteiger partial charge >= 0.3 is 0 Å². The molecule has 2 aromatic carbocycles. The maximum absolute atomic E-state index is 13.2. The van der Waals surface area contributed by atoms with Gasteiger partial charge in [0.15, 0.2) is 5.69 Å². The van der Waals surface area contributed by atoms with Gasteiger partial charge in [-0.15, -0.1) is 0 Å². The second-order valence-corrected chi connectivity index (χ2v) is 7.48. The second-order valence-electron chi connectivity index (χ2n) is 7.48. The molecule has 144 valence electrons. The average molecular weight is 377 g/mol. The van der Waals surface area contributed by atoms with Gasteiger partial charge in [-0.2, -0.15) is 5.10 Å². The predicted molar refractivity (Wildman–Crippen MR) is 108 cm³/mol. The number of amides is 1. The second kappa shape index (κ2) is 7.46. The Hall–Kier alpha value is -3.15. The Labute approximate surface area is 163 Å². The summed E-state index contributed by atoms with van der Waals surface area (Å²) in [5, 5.41) is 8.59. The molecule has 2 heterocycles. The Morgan fingerprint density at radius 1 is 1.18 bits per heavy atom. The third-order valence-electron chi connectivity index (χ3n) is 4.88. The highest BCUT2D eigenvalue weighted by Gasteiger charge is 2.25.